The zero-order chi connectivity index (χ0) is 8.85. The Bertz CT molecular complexity index is 159. The molecule has 0 aromatic carbocycles. The second-order valence-corrected chi connectivity index (χ2v) is 1.88. The molecule has 0 aliphatic rings. The number of amides is 1. The quantitative estimate of drug-likeness (QED) is 0.350. The van der Waals surface area contributed by atoms with Crippen LogP contribution in [-0.4, -0.2) is 40.3 Å². The number of carbonyl (C=O) groups is 2. The fraction of sp³-hybridized carbons (Fsp3) is 0.600. The number of carboxylic acids is 1. The smallest absolute Gasteiger partial charge is 0.325 e. The summed E-state index contributed by atoms with van der Waals surface area (Å²) in [6.07, 6.45) is -0.0518. The Morgan fingerprint density at radius 3 is 2.36 bits per heavy atom. The Hall–Kier alpha value is -1.14. The summed E-state index contributed by atoms with van der Waals surface area (Å²) in [5.74, 6) is -1.95. The lowest BCUT2D eigenvalue weighted by atomic mass is 10.4. The Morgan fingerprint density at radius 2 is 2.00 bits per heavy atom. The molecule has 0 saturated carbocycles. The third-order valence-electron chi connectivity index (χ3n) is 0.931. The van der Waals surface area contributed by atoms with Crippen molar-refractivity contribution in [2.45, 2.75) is 6.42 Å². The number of rotatable bonds is 4. The summed E-state index contributed by atoms with van der Waals surface area (Å²) in [5, 5.41) is 16.9. The van der Waals surface area contributed by atoms with Crippen LogP contribution < -0.4 is 5.73 Å². The molecule has 0 heterocycles. The van der Waals surface area contributed by atoms with Crippen LogP contribution in [0.1, 0.15) is 6.42 Å². The summed E-state index contributed by atoms with van der Waals surface area (Å²) < 4.78 is 0. The first-order valence-corrected chi connectivity index (χ1v) is 2.99. The van der Waals surface area contributed by atoms with Gasteiger partial charge in [-0.15, -0.1) is 0 Å². The zero-order valence-electron chi connectivity index (χ0n) is 5.86. The Labute approximate surface area is 63.2 Å². The number of nitrogens with zero attached hydrogens (tertiary/aromatic N) is 1. The van der Waals surface area contributed by atoms with Gasteiger partial charge in [-0.1, -0.05) is 0 Å². The van der Waals surface area contributed by atoms with Crippen molar-refractivity contribution < 1.29 is 19.9 Å². The molecule has 0 aromatic rings. The van der Waals surface area contributed by atoms with Crippen LogP contribution in [0.25, 0.3) is 0 Å². The van der Waals surface area contributed by atoms with E-state index < -0.39 is 18.4 Å². The molecule has 0 saturated heterocycles. The van der Waals surface area contributed by atoms with Crippen molar-refractivity contribution >= 4 is 11.9 Å². The lowest BCUT2D eigenvalue weighted by Crippen LogP contribution is -2.33. The van der Waals surface area contributed by atoms with Crippen molar-refractivity contribution in [2.75, 3.05) is 13.1 Å². The third-order valence-corrected chi connectivity index (χ3v) is 0.931. The SMILES string of the molecule is NCCC(=O)N(O)CC(=O)O. The normalized spacial score (nSPS) is 9.27. The van der Waals surface area contributed by atoms with Gasteiger partial charge in [-0.3, -0.25) is 14.8 Å². The van der Waals surface area contributed by atoms with Gasteiger partial charge in [-0.25, -0.2) is 5.06 Å². The van der Waals surface area contributed by atoms with Crippen molar-refractivity contribution in [3.05, 3.63) is 0 Å². The van der Waals surface area contributed by atoms with Gasteiger partial charge in [0.25, 0.3) is 0 Å². The highest BCUT2D eigenvalue weighted by atomic mass is 16.5. The monoisotopic (exact) mass is 162 g/mol. The topological polar surface area (TPSA) is 104 Å². The van der Waals surface area contributed by atoms with Gasteiger partial charge in [0.1, 0.15) is 6.54 Å². The summed E-state index contributed by atoms with van der Waals surface area (Å²) in [7, 11) is 0. The summed E-state index contributed by atoms with van der Waals surface area (Å²) in [4.78, 5) is 20.5. The van der Waals surface area contributed by atoms with E-state index in [9.17, 15) is 9.59 Å². The van der Waals surface area contributed by atoms with Crippen molar-refractivity contribution in [1.29, 1.82) is 0 Å². The highest BCUT2D eigenvalue weighted by molar-refractivity contribution is 5.80. The number of hydroxylamine groups is 2. The van der Waals surface area contributed by atoms with Gasteiger partial charge in [-0.2, -0.15) is 0 Å². The number of carboxylic acid groups (broad SMARTS) is 1. The lowest BCUT2D eigenvalue weighted by Gasteiger charge is -2.10. The van der Waals surface area contributed by atoms with E-state index in [2.05, 4.69) is 0 Å². The van der Waals surface area contributed by atoms with Gasteiger partial charge >= 0.3 is 5.97 Å². The number of hydrogen-bond acceptors (Lipinski definition) is 4. The number of hydrogen-bond donors (Lipinski definition) is 3. The molecule has 0 radical (unpaired) electrons. The molecule has 0 fully saturated rings. The maximum atomic E-state index is 10.6. The summed E-state index contributed by atoms with van der Waals surface area (Å²) in [6.45, 7) is -0.617. The molecular weight excluding hydrogens is 152 g/mol. The molecule has 6 nitrogen and oxygen atoms in total. The van der Waals surface area contributed by atoms with Gasteiger partial charge in [0, 0.05) is 13.0 Å². The first kappa shape index (κ1) is 9.86. The molecule has 0 aliphatic carbocycles. The van der Waals surface area contributed by atoms with Gasteiger partial charge in [0.05, 0.1) is 0 Å². The van der Waals surface area contributed by atoms with Crippen molar-refractivity contribution in [1.82, 2.24) is 5.06 Å². The van der Waals surface area contributed by atoms with Crippen LogP contribution in [0, 0.1) is 0 Å². The van der Waals surface area contributed by atoms with Crippen LogP contribution in [-0.2, 0) is 9.59 Å². The maximum Gasteiger partial charge on any atom is 0.325 e. The molecule has 64 valence electrons. The minimum atomic E-state index is -1.27. The van der Waals surface area contributed by atoms with Crippen LogP contribution >= 0.6 is 0 Å². The summed E-state index contributed by atoms with van der Waals surface area (Å²) in [5.41, 5.74) is 4.99. The summed E-state index contributed by atoms with van der Waals surface area (Å²) in [6, 6.07) is 0. The summed E-state index contributed by atoms with van der Waals surface area (Å²) >= 11 is 0. The van der Waals surface area contributed by atoms with Gasteiger partial charge < -0.3 is 10.8 Å². The van der Waals surface area contributed by atoms with E-state index in [0.29, 0.717) is 0 Å². The first-order valence-electron chi connectivity index (χ1n) is 2.99. The molecule has 0 atom stereocenters. The molecule has 0 bridgehead atoms. The van der Waals surface area contributed by atoms with Gasteiger partial charge in [0.2, 0.25) is 5.91 Å². The van der Waals surface area contributed by atoms with Gasteiger partial charge in [-0.05, 0) is 0 Å². The van der Waals surface area contributed by atoms with Crippen molar-refractivity contribution in [3.8, 4) is 0 Å². The van der Waals surface area contributed by atoms with Crippen LogP contribution in [0.5, 0.6) is 0 Å². The maximum absolute atomic E-state index is 10.6. The average Bonchev–Trinajstić information content (AvgIpc) is 1.86. The third kappa shape index (κ3) is 4.29. The van der Waals surface area contributed by atoms with E-state index in [1.54, 1.807) is 0 Å². The Morgan fingerprint density at radius 1 is 1.45 bits per heavy atom. The van der Waals surface area contributed by atoms with Crippen LogP contribution in [0.3, 0.4) is 0 Å². The van der Waals surface area contributed by atoms with E-state index in [-0.39, 0.29) is 18.0 Å². The van der Waals surface area contributed by atoms with Crippen molar-refractivity contribution in [2.24, 2.45) is 5.73 Å². The minimum absolute atomic E-state index is 0.0518. The largest absolute Gasteiger partial charge is 0.480 e. The van der Waals surface area contributed by atoms with E-state index in [1.807, 2.05) is 0 Å². The molecule has 0 unspecified atom stereocenters. The Kier molecular flexibility index (Phi) is 4.16. The molecule has 0 rings (SSSR count). The van der Waals surface area contributed by atoms with Crippen LogP contribution in [0.2, 0.25) is 0 Å². The van der Waals surface area contributed by atoms with Crippen molar-refractivity contribution in [3.63, 3.8) is 0 Å². The first-order chi connectivity index (χ1) is 5.07. The average molecular weight is 162 g/mol. The minimum Gasteiger partial charge on any atom is -0.480 e. The lowest BCUT2D eigenvalue weighted by molar-refractivity contribution is -0.173. The highest BCUT2D eigenvalue weighted by Gasteiger charge is 2.12. The Balaban J connectivity index is 3.73. The number of aliphatic carboxylic acids is 1. The fourth-order valence-electron chi connectivity index (χ4n) is 0.469. The molecule has 11 heavy (non-hydrogen) atoms. The molecule has 6 heteroatoms. The van der Waals surface area contributed by atoms with Gasteiger partial charge in [0.15, 0.2) is 0 Å². The van der Waals surface area contributed by atoms with Crippen LogP contribution in [0.4, 0.5) is 0 Å². The van der Waals surface area contributed by atoms with E-state index in [1.165, 1.54) is 0 Å². The molecule has 4 N–H and O–H groups in total. The standard InChI is InChI=1S/C5H10N2O4/c6-2-1-4(8)7(11)3-5(9)10/h11H,1-3,6H2,(H,9,10). The molecule has 1 amide bonds. The van der Waals surface area contributed by atoms with E-state index in [4.69, 9.17) is 16.0 Å². The molecule has 0 spiro atoms. The number of nitrogens with two attached hydrogens (primary N) is 1. The molecule has 0 aliphatic heterocycles. The van der Waals surface area contributed by atoms with Crippen LogP contribution in [0.15, 0.2) is 0 Å². The fourth-order valence-corrected chi connectivity index (χ4v) is 0.469. The van der Waals surface area contributed by atoms with E-state index in [0.717, 1.165) is 0 Å². The second kappa shape index (κ2) is 4.64. The highest BCUT2D eigenvalue weighted by Crippen LogP contribution is 1.87. The zero-order valence-corrected chi connectivity index (χ0v) is 5.86. The number of carbonyl (C=O) groups excluding carboxylic acids is 1. The molecule has 0 aromatic heterocycles. The molecular formula is C5H10N2O4. The van der Waals surface area contributed by atoms with E-state index >= 15 is 0 Å². The predicted molar refractivity (Wildman–Crippen MR) is 34.8 cm³/mol. The second-order valence-electron chi connectivity index (χ2n) is 1.88. The predicted octanol–water partition coefficient (Wildman–Crippen LogP) is -1.36.